The molecule has 7 heteroatoms. The fraction of sp³-hybridized carbons (Fsp3) is 0.474. The zero-order valence-electron chi connectivity index (χ0n) is 15.2. The molecule has 1 aromatic carbocycles. The number of aliphatic hydroxyl groups excluding tert-OH is 1. The van der Waals surface area contributed by atoms with E-state index in [1.807, 2.05) is 0 Å². The van der Waals surface area contributed by atoms with E-state index in [4.69, 9.17) is 14.2 Å². The van der Waals surface area contributed by atoms with Gasteiger partial charge in [-0.3, -0.25) is 9.59 Å². The maximum atomic E-state index is 12.8. The number of carbonyl (C=O) groups is 2. The van der Waals surface area contributed by atoms with E-state index in [1.165, 1.54) is 26.2 Å². The highest BCUT2D eigenvalue weighted by molar-refractivity contribution is 6.10. The molecule has 1 N–H and O–H groups in total. The zero-order chi connectivity index (χ0) is 18.8. The second-order valence-corrected chi connectivity index (χ2v) is 6.41. The van der Waals surface area contributed by atoms with Gasteiger partial charge in [-0.1, -0.05) is 6.07 Å². The molecule has 1 heterocycles. The van der Waals surface area contributed by atoms with E-state index in [-0.39, 0.29) is 23.8 Å². The second-order valence-electron chi connectivity index (χ2n) is 6.41. The molecule has 1 amide bonds. The Bertz CT molecular complexity index is 752. The second kappa shape index (κ2) is 7.37. The summed E-state index contributed by atoms with van der Waals surface area (Å²) in [5, 5.41) is 10.4. The van der Waals surface area contributed by atoms with Crippen molar-refractivity contribution >= 4 is 11.7 Å². The molecule has 1 aromatic rings. The minimum atomic E-state index is -0.662. The van der Waals surface area contributed by atoms with Gasteiger partial charge in [-0.15, -0.1) is 0 Å². The molecule has 1 aliphatic heterocycles. The lowest BCUT2D eigenvalue weighted by molar-refractivity contribution is -0.130. The van der Waals surface area contributed by atoms with Crippen molar-refractivity contribution in [2.24, 2.45) is 5.92 Å². The molecule has 1 unspecified atom stereocenters. The summed E-state index contributed by atoms with van der Waals surface area (Å²) in [5.74, 6) is -0.231. The Morgan fingerprint density at radius 3 is 2.46 bits per heavy atom. The van der Waals surface area contributed by atoms with Gasteiger partial charge in [-0.05, 0) is 30.5 Å². The Morgan fingerprint density at radius 2 is 1.88 bits per heavy atom. The Hall–Kier alpha value is -2.54. The standard InChI is InChI=1S/C19H23NO6/c1-24-9-8-20-16(12-6-7-13(25-2)14(10-12)26-3)15(18(22)19(20)23)17(21)11-4-5-11/h6-7,10-11,16,22H,4-5,8-9H2,1-3H3. The van der Waals surface area contributed by atoms with Crippen LogP contribution in [0.2, 0.25) is 0 Å². The van der Waals surface area contributed by atoms with E-state index in [1.54, 1.807) is 18.2 Å². The third-order valence-electron chi connectivity index (χ3n) is 4.78. The number of hydrogen-bond donors (Lipinski definition) is 1. The van der Waals surface area contributed by atoms with Gasteiger partial charge in [-0.2, -0.15) is 0 Å². The summed E-state index contributed by atoms with van der Waals surface area (Å²) in [7, 11) is 4.60. The minimum Gasteiger partial charge on any atom is -0.503 e. The monoisotopic (exact) mass is 361 g/mol. The van der Waals surface area contributed by atoms with Crippen molar-refractivity contribution in [3.63, 3.8) is 0 Å². The van der Waals surface area contributed by atoms with Crippen LogP contribution in [0.3, 0.4) is 0 Å². The predicted octanol–water partition coefficient (Wildman–Crippen LogP) is 2.02. The summed E-state index contributed by atoms with van der Waals surface area (Å²) in [5.41, 5.74) is 0.848. The normalized spacial score (nSPS) is 19.9. The molecule has 0 aromatic heterocycles. The summed E-state index contributed by atoms with van der Waals surface area (Å²) < 4.78 is 15.7. The average molecular weight is 361 g/mol. The molecule has 140 valence electrons. The van der Waals surface area contributed by atoms with Crippen LogP contribution in [0.15, 0.2) is 29.5 Å². The highest BCUT2D eigenvalue weighted by Crippen LogP contribution is 2.44. The van der Waals surface area contributed by atoms with Crippen LogP contribution in [0.4, 0.5) is 0 Å². The van der Waals surface area contributed by atoms with Crippen molar-refractivity contribution in [2.45, 2.75) is 18.9 Å². The largest absolute Gasteiger partial charge is 0.503 e. The lowest BCUT2D eigenvalue weighted by Gasteiger charge is -2.27. The highest BCUT2D eigenvalue weighted by Gasteiger charge is 2.47. The van der Waals surface area contributed by atoms with Crippen molar-refractivity contribution in [3.05, 3.63) is 35.1 Å². The van der Waals surface area contributed by atoms with Crippen LogP contribution in [0, 0.1) is 5.92 Å². The number of carbonyl (C=O) groups excluding carboxylic acids is 2. The number of ketones is 1. The number of ether oxygens (including phenoxy) is 3. The van der Waals surface area contributed by atoms with Crippen molar-refractivity contribution in [1.82, 2.24) is 4.90 Å². The molecule has 1 fully saturated rings. The van der Waals surface area contributed by atoms with Gasteiger partial charge < -0.3 is 24.2 Å². The summed E-state index contributed by atoms with van der Waals surface area (Å²) in [6.07, 6.45) is 1.58. The zero-order valence-corrected chi connectivity index (χ0v) is 15.2. The highest BCUT2D eigenvalue weighted by atomic mass is 16.5. The van der Waals surface area contributed by atoms with Gasteiger partial charge in [0.05, 0.1) is 32.4 Å². The first kappa shape index (κ1) is 18.3. The van der Waals surface area contributed by atoms with Gasteiger partial charge in [0.25, 0.3) is 5.91 Å². The lowest BCUT2D eigenvalue weighted by atomic mass is 9.94. The molecule has 7 nitrogen and oxygen atoms in total. The van der Waals surface area contributed by atoms with E-state index in [0.717, 1.165) is 12.8 Å². The predicted molar refractivity (Wildman–Crippen MR) is 93.3 cm³/mol. The first-order valence-electron chi connectivity index (χ1n) is 8.52. The first-order chi connectivity index (χ1) is 12.5. The van der Waals surface area contributed by atoms with E-state index in [2.05, 4.69) is 0 Å². The summed E-state index contributed by atoms with van der Waals surface area (Å²) in [6, 6.07) is 4.57. The topological polar surface area (TPSA) is 85.3 Å². The van der Waals surface area contributed by atoms with Crippen LogP contribution < -0.4 is 9.47 Å². The average Bonchev–Trinajstić information content (AvgIpc) is 3.47. The van der Waals surface area contributed by atoms with Gasteiger partial charge >= 0.3 is 0 Å². The Kier molecular flexibility index (Phi) is 5.18. The van der Waals surface area contributed by atoms with Crippen molar-refractivity contribution in [3.8, 4) is 11.5 Å². The van der Waals surface area contributed by atoms with Crippen LogP contribution in [0.25, 0.3) is 0 Å². The molecular weight excluding hydrogens is 338 g/mol. The fourth-order valence-corrected chi connectivity index (χ4v) is 3.26. The van der Waals surface area contributed by atoms with Crippen LogP contribution in [0.1, 0.15) is 24.4 Å². The molecule has 0 saturated heterocycles. The number of rotatable bonds is 8. The third-order valence-corrected chi connectivity index (χ3v) is 4.78. The molecule has 0 spiro atoms. The number of benzene rings is 1. The van der Waals surface area contributed by atoms with Gasteiger partial charge in [0.2, 0.25) is 0 Å². The quantitative estimate of drug-likeness (QED) is 0.763. The summed E-state index contributed by atoms with van der Waals surface area (Å²) in [6.45, 7) is 0.563. The molecule has 1 saturated carbocycles. The maximum Gasteiger partial charge on any atom is 0.290 e. The number of aliphatic hydroxyl groups is 1. The number of methoxy groups -OCH3 is 3. The molecule has 0 radical (unpaired) electrons. The number of amides is 1. The van der Waals surface area contributed by atoms with Crippen LogP contribution in [0.5, 0.6) is 11.5 Å². The van der Waals surface area contributed by atoms with Gasteiger partial charge in [0.1, 0.15) is 0 Å². The van der Waals surface area contributed by atoms with E-state index in [0.29, 0.717) is 23.7 Å². The molecular formula is C19H23NO6. The fourth-order valence-electron chi connectivity index (χ4n) is 3.26. The van der Waals surface area contributed by atoms with Crippen molar-refractivity contribution < 1.29 is 28.9 Å². The molecule has 0 bridgehead atoms. The number of hydrogen-bond acceptors (Lipinski definition) is 6. The van der Waals surface area contributed by atoms with Crippen LogP contribution in [-0.2, 0) is 14.3 Å². The van der Waals surface area contributed by atoms with Gasteiger partial charge in [0.15, 0.2) is 23.0 Å². The molecule has 26 heavy (non-hydrogen) atoms. The van der Waals surface area contributed by atoms with Crippen LogP contribution >= 0.6 is 0 Å². The Balaban J connectivity index is 2.05. The molecule has 1 aliphatic carbocycles. The SMILES string of the molecule is COCCN1C(=O)C(O)=C(C(=O)C2CC2)C1c1ccc(OC)c(OC)c1. The van der Waals surface area contributed by atoms with E-state index in [9.17, 15) is 14.7 Å². The summed E-state index contributed by atoms with van der Waals surface area (Å²) in [4.78, 5) is 26.8. The lowest BCUT2D eigenvalue weighted by Crippen LogP contribution is -2.34. The van der Waals surface area contributed by atoms with Crippen LogP contribution in [-0.4, -0.2) is 56.2 Å². The number of Topliss-reactive ketones (excluding diaryl/α,β-unsaturated/α-hetero) is 1. The third kappa shape index (κ3) is 3.14. The first-order valence-corrected chi connectivity index (χ1v) is 8.52. The molecule has 3 rings (SSSR count). The smallest absolute Gasteiger partial charge is 0.290 e. The Labute approximate surface area is 152 Å². The molecule has 2 aliphatic rings. The van der Waals surface area contributed by atoms with E-state index < -0.39 is 17.7 Å². The van der Waals surface area contributed by atoms with E-state index >= 15 is 0 Å². The maximum absolute atomic E-state index is 12.8. The van der Waals surface area contributed by atoms with Gasteiger partial charge in [-0.25, -0.2) is 0 Å². The summed E-state index contributed by atoms with van der Waals surface area (Å²) >= 11 is 0. The van der Waals surface area contributed by atoms with Gasteiger partial charge in [0, 0.05) is 19.6 Å². The minimum absolute atomic E-state index is 0.107. The Morgan fingerprint density at radius 1 is 1.19 bits per heavy atom. The molecule has 1 atom stereocenters. The number of nitrogens with zero attached hydrogens (tertiary/aromatic N) is 1. The van der Waals surface area contributed by atoms with Crippen molar-refractivity contribution in [2.75, 3.05) is 34.5 Å². The van der Waals surface area contributed by atoms with Crippen molar-refractivity contribution in [1.29, 1.82) is 0 Å².